The molecular weight excluding hydrogens is 300 g/mol. The summed E-state index contributed by atoms with van der Waals surface area (Å²) in [6.07, 6.45) is 2.91. The molecule has 128 valence electrons. The molecule has 24 heavy (non-hydrogen) atoms. The van der Waals surface area contributed by atoms with Crippen molar-refractivity contribution in [2.75, 3.05) is 13.1 Å². The monoisotopic (exact) mass is 326 g/mol. The summed E-state index contributed by atoms with van der Waals surface area (Å²) in [5, 5.41) is 4.00. The molecule has 3 rings (SSSR count). The van der Waals surface area contributed by atoms with Crippen LogP contribution in [0.15, 0.2) is 40.9 Å². The van der Waals surface area contributed by atoms with Crippen LogP contribution in [0.25, 0.3) is 0 Å². The number of rotatable bonds is 4. The lowest BCUT2D eigenvalue weighted by molar-refractivity contribution is 0.0640. The van der Waals surface area contributed by atoms with Crippen molar-refractivity contribution in [3.05, 3.63) is 53.4 Å². The standard InChI is InChI=1S/C20H26N2O2/c1-15(2)12-17-13-18(21-24-17)19(23)22-11-7-10-20(3,14-22)16-8-5-4-6-9-16/h4-6,8-9,13,15H,7,10-12,14H2,1-3H3/t20-/m1/s1. The third-order valence-corrected chi connectivity index (χ3v) is 4.84. The normalized spacial score (nSPS) is 21.2. The highest BCUT2D eigenvalue weighted by Gasteiger charge is 2.35. The van der Waals surface area contributed by atoms with E-state index in [1.165, 1.54) is 5.56 Å². The van der Waals surface area contributed by atoms with E-state index in [0.717, 1.165) is 38.1 Å². The molecule has 0 unspecified atom stereocenters. The van der Waals surface area contributed by atoms with Crippen molar-refractivity contribution in [3.63, 3.8) is 0 Å². The van der Waals surface area contributed by atoms with Crippen LogP contribution >= 0.6 is 0 Å². The maximum Gasteiger partial charge on any atom is 0.276 e. The smallest absolute Gasteiger partial charge is 0.276 e. The molecule has 2 heterocycles. The molecule has 1 amide bonds. The number of aromatic nitrogens is 1. The fraction of sp³-hybridized carbons (Fsp3) is 0.500. The minimum atomic E-state index is -0.0180. The van der Waals surface area contributed by atoms with Crippen molar-refractivity contribution < 1.29 is 9.32 Å². The molecule has 1 aromatic heterocycles. The van der Waals surface area contributed by atoms with E-state index in [1.54, 1.807) is 6.07 Å². The second-order valence-electron chi connectivity index (χ2n) is 7.53. The van der Waals surface area contributed by atoms with Gasteiger partial charge in [-0.2, -0.15) is 0 Å². The first-order valence-corrected chi connectivity index (χ1v) is 8.78. The zero-order valence-electron chi connectivity index (χ0n) is 14.8. The van der Waals surface area contributed by atoms with Crippen LogP contribution in [0.2, 0.25) is 0 Å². The van der Waals surface area contributed by atoms with E-state index in [1.807, 2.05) is 11.0 Å². The number of nitrogens with zero attached hydrogens (tertiary/aromatic N) is 2. The molecule has 0 N–H and O–H groups in total. The summed E-state index contributed by atoms with van der Waals surface area (Å²) in [4.78, 5) is 14.7. The Bertz CT molecular complexity index is 693. The number of likely N-dealkylation sites (tertiary alicyclic amines) is 1. The lowest BCUT2D eigenvalue weighted by atomic mass is 9.76. The Hall–Kier alpha value is -2.10. The van der Waals surface area contributed by atoms with Gasteiger partial charge in [-0.15, -0.1) is 0 Å². The molecule has 1 aromatic carbocycles. The van der Waals surface area contributed by atoms with E-state index < -0.39 is 0 Å². The molecule has 0 bridgehead atoms. The first-order chi connectivity index (χ1) is 11.5. The number of carbonyl (C=O) groups excluding carboxylic acids is 1. The Morgan fingerprint density at radius 3 is 2.79 bits per heavy atom. The third-order valence-electron chi connectivity index (χ3n) is 4.84. The first-order valence-electron chi connectivity index (χ1n) is 8.78. The second-order valence-corrected chi connectivity index (χ2v) is 7.53. The summed E-state index contributed by atoms with van der Waals surface area (Å²) in [5.74, 6) is 1.25. The molecule has 1 aliphatic rings. The summed E-state index contributed by atoms with van der Waals surface area (Å²) in [6, 6.07) is 12.3. The average molecular weight is 326 g/mol. The summed E-state index contributed by atoms with van der Waals surface area (Å²) in [5.41, 5.74) is 1.73. The first kappa shape index (κ1) is 16.7. The number of benzene rings is 1. The summed E-state index contributed by atoms with van der Waals surface area (Å²) >= 11 is 0. The van der Waals surface area contributed by atoms with Gasteiger partial charge in [0.05, 0.1) is 0 Å². The number of hydrogen-bond acceptors (Lipinski definition) is 3. The van der Waals surface area contributed by atoms with Gasteiger partial charge in [-0.3, -0.25) is 4.79 Å². The molecule has 1 saturated heterocycles. The number of hydrogen-bond donors (Lipinski definition) is 0. The van der Waals surface area contributed by atoms with Gasteiger partial charge in [0.2, 0.25) is 0 Å². The zero-order chi connectivity index (χ0) is 17.2. The van der Waals surface area contributed by atoms with E-state index in [4.69, 9.17) is 4.52 Å². The van der Waals surface area contributed by atoms with Crippen molar-refractivity contribution >= 4 is 5.91 Å². The van der Waals surface area contributed by atoms with E-state index in [9.17, 15) is 4.79 Å². The highest BCUT2D eigenvalue weighted by Crippen LogP contribution is 2.34. The van der Waals surface area contributed by atoms with E-state index in [2.05, 4.69) is 50.2 Å². The highest BCUT2D eigenvalue weighted by atomic mass is 16.5. The van der Waals surface area contributed by atoms with Crippen LogP contribution in [0.3, 0.4) is 0 Å². The summed E-state index contributed by atoms with van der Waals surface area (Å²) in [6.45, 7) is 8.00. The van der Waals surface area contributed by atoms with Crippen LogP contribution in [0, 0.1) is 5.92 Å². The zero-order valence-corrected chi connectivity index (χ0v) is 14.8. The Kier molecular flexibility index (Phi) is 4.74. The average Bonchev–Trinajstić information content (AvgIpc) is 3.03. The van der Waals surface area contributed by atoms with Crippen molar-refractivity contribution in [1.29, 1.82) is 0 Å². The molecule has 0 radical (unpaired) electrons. The molecule has 1 aliphatic heterocycles. The molecule has 2 aromatic rings. The molecule has 1 fully saturated rings. The van der Waals surface area contributed by atoms with Crippen molar-refractivity contribution in [2.24, 2.45) is 5.92 Å². The van der Waals surface area contributed by atoms with Crippen LogP contribution in [0.1, 0.15) is 55.4 Å². The summed E-state index contributed by atoms with van der Waals surface area (Å²) in [7, 11) is 0. The van der Waals surface area contributed by atoms with Crippen LogP contribution in [-0.4, -0.2) is 29.1 Å². The van der Waals surface area contributed by atoms with Gasteiger partial charge in [-0.1, -0.05) is 56.3 Å². The van der Waals surface area contributed by atoms with Gasteiger partial charge in [0.15, 0.2) is 5.69 Å². The molecule has 4 nitrogen and oxygen atoms in total. The van der Waals surface area contributed by atoms with E-state index in [0.29, 0.717) is 11.6 Å². The third kappa shape index (κ3) is 3.53. The predicted molar refractivity (Wildman–Crippen MR) is 94.0 cm³/mol. The number of piperidine rings is 1. The topological polar surface area (TPSA) is 46.3 Å². The minimum absolute atomic E-state index is 0.000329. The van der Waals surface area contributed by atoms with Gasteiger partial charge in [0.1, 0.15) is 5.76 Å². The highest BCUT2D eigenvalue weighted by molar-refractivity contribution is 5.92. The van der Waals surface area contributed by atoms with Crippen molar-refractivity contribution in [3.8, 4) is 0 Å². The molecule has 0 spiro atoms. The van der Waals surface area contributed by atoms with Gasteiger partial charge >= 0.3 is 0 Å². The maximum absolute atomic E-state index is 12.8. The van der Waals surface area contributed by atoms with Gasteiger partial charge in [-0.05, 0) is 24.3 Å². The van der Waals surface area contributed by atoms with Gasteiger partial charge in [0, 0.05) is 31.0 Å². The van der Waals surface area contributed by atoms with Crippen LogP contribution in [0.4, 0.5) is 0 Å². The Balaban J connectivity index is 1.75. The Labute approximate surface area is 143 Å². The molecule has 1 atom stereocenters. The lowest BCUT2D eigenvalue weighted by Crippen LogP contribution is -2.47. The number of carbonyl (C=O) groups is 1. The fourth-order valence-corrected chi connectivity index (χ4v) is 3.56. The maximum atomic E-state index is 12.8. The molecular formula is C20H26N2O2. The molecule has 4 heteroatoms. The summed E-state index contributed by atoms with van der Waals surface area (Å²) < 4.78 is 5.33. The predicted octanol–water partition coefficient (Wildman–Crippen LogP) is 4.07. The molecule has 0 aliphatic carbocycles. The quantitative estimate of drug-likeness (QED) is 0.851. The SMILES string of the molecule is CC(C)Cc1cc(C(=O)N2CCC[C@@](C)(c3ccccc3)C2)no1. The Morgan fingerprint density at radius 1 is 1.33 bits per heavy atom. The van der Waals surface area contributed by atoms with Crippen molar-refractivity contribution in [1.82, 2.24) is 10.1 Å². The van der Waals surface area contributed by atoms with Gasteiger partial charge < -0.3 is 9.42 Å². The lowest BCUT2D eigenvalue weighted by Gasteiger charge is -2.40. The van der Waals surface area contributed by atoms with Crippen LogP contribution < -0.4 is 0 Å². The Morgan fingerprint density at radius 2 is 2.08 bits per heavy atom. The largest absolute Gasteiger partial charge is 0.361 e. The van der Waals surface area contributed by atoms with Crippen molar-refractivity contribution in [2.45, 2.75) is 45.4 Å². The fourth-order valence-electron chi connectivity index (χ4n) is 3.56. The van der Waals surface area contributed by atoms with E-state index in [-0.39, 0.29) is 11.3 Å². The number of amides is 1. The minimum Gasteiger partial charge on any atom is -0.361 e. The van der Waals surface area contributed by atoms with Crippen LogP contribution in [-0.2, 0) is 11.8 Å². The van der Waals surface area contributed by atoms with Gasteiger partial charge in [0.25, 0.3) is 5.91 Å². The van der Waals surface area contributed by atoms with Crippen LogP contribution in [0.5, 0.6) is 0 Å². The van der Waals surface area contributed by atoms with Gasteiger partial charge in [-0.25, -0.2) is 0 Å². The second kappa shape index (κ2) is 6.80. The van der Waals surface area contributed by atoms with E-state index >= 15 is 0 Å². The molecule has 0 saturated carbocycles.